The molecule has 2 aromatic carbocycles. The van der Waals surface area contributed by atoms with Gasteiger partial charge in [0.1, 0.15) is 5.82 Å². The van der Waals surface area contributed by atoms with Gasteiger partial charge in [0, 0.05) is 87.4 Å². The third-order valence-corrected chi connectivity index (χ3v) is 8.36. The molecule has 10 nitrogen and oxygen atoms in total. The molecule has 0 saturated carbocycles. The van der Waals surface area contributed by atoms with Gasteiger partial charge in [-0.25, -0.2) is 9.97 Å². The highest BCUT2D eigenvalue weighted by atomic mass is 35.5. The Bertz CT molecular complexity index is 1900. The van der Waals surface area contributed by atoms with Crippen LogP contribution in [0, 0.1) is 40.7 Å². The third kappa shape index (κ3) is 9.38. The van der Waals surface area contributed by atoms with E-state index in [1.807, 2.05) is 77.7 Å². The lowest BCUT2D eigenvalue weighted by molar-refractivity contribution is -0.384. The fourth-order valence-corrected chi connectivity index (χ4v) is 5.62. The van der Waals surface area contributed by atoms with E-state index in [9.17, 15) is 14.9 Å². The molecule has 2 saturated heterocycles. The number of halogens is 1. The summed E-state index contributed by atoms with van der Waals surface area (Å²) < 4.78 is 0. The number of carbonyl (C=O) groups is 1. The van der Waals surface area contributed by atoms with Crippen molar-refractivity contribution in [3.8, 4) is 23.7 Å². The molecular weight excluding hydrogens is 638 g/mol. The zero-order chi connectivity index (χ0) is 34.6. The fraction of sp³-hybridized carbons (Fsp3) is 0.237. The first-order valence-electron chi connectivity index (χ1n) is 15.9. The number of nitrogens with zero attached hydrogens (tertiary/aromatic N) is 7. The van der Waals surface area contributed by atoms with Crippen molar-refractivity contribution in [2.75, 3.05) is 62.2 Å². The van der Waals surface area contributed by atoms with Crippen LogP contribution in [-0.4, -0.2) is 83.0 Å². The first-order valence-corrected chi connectivity index (χ1v) is 16.2. The molecule has 0 atom stereocenters. The molecule has 0 aliphatic carbocycles. The summed E-state index contributed by atoms with van der Waals surface area (Å²) in [5.41, 5.74) is 3.26. The Hall–Kier alpha value is -5.84. The average molecular weight is 674 g/mol. The van der Waals surface area contributed by atoms with Gasteiger partial charge in [-0.2, -0.15) is 0 Å². The summed E-state index contributed by atoms with van der Waals surface area (Å²) in [6.07, 6.45) is 3.35. The van der Waals surface area contributed by atoms with Crippen LogP contribution in [0.15, 0.2) is 104 Å². The molecule has 6 rings (SSSR count). The lowest BCUT2D eigenvalue weighted by atomic mass is 10.2. The Morgan fingerprint density at radius 1 is 0.735 bits per heavy atom. The fourth-order valence-electron chi connectivity index (χ4n) is 5.38. The topological polar surface area (TPSA) is 99.0 Å². The molecule has 0 radical (unpaired) electrons. The summed E-state index contributed by atoms with van der Waals surface area (Å²) in [7, 11) is 0. The second-order valence-corrected chi connectivity index (χ2v) is 11.7. The molecule has 2 aliphatic heterocycles. The van der Waals surface area contributed by atoms with Gasteiger partial charge in [-0.05, 0) is 55.3 Å². The number of rotatable bonds is 4. The van der Waals surface area contributed by atoms with Crippen LogP contribution in [-0.2, 0) is 4.79 Å². The molecule has 0 N–H and O–H groups in total. The minimum Gasteiger partial charge on any atom is -0.362 e. The maximum Gasteiger partial charge on any atom is 0.314 e. The van der Waals surface area contributed by atoms with E-state index in [-0.39, 0.29) is 11.6 Å². The van der Waals surface area contributed by atoms with Crippen LogP contribution in [0.5, 0.6) is 0 Å². The standard InChI is InChI=1S/C19H18ClN3.C19H18N4O3/c1-16(9-10-17-6-3-2-4-7-17)22-12-14-23(15-13-22)19-18(20)8-5-11-21-19;1-15-9-10-20-19(18(15)23(25)26)22-13-11-21(12-14-22)17(24)8-7-16-5-3-2-4-6-16/h2-8,11H,1,12-15H2;2-6,9-10H,11-14H2,1H3. The Kier molecular flexibility index (Phi) is 11.8. The smallest absolute Gasteiger partial charge is 0.314 e. The van der Waals surface area contributed by atoms with Crippen molar-refractivity contribution in [2.24, 2.45) is 0 Å². The summed E-state index contributed by atoms with van der Waals surface area (Å²) in [6.45, 7) is 11.1. The normalized spacial score (nSPS) is 13.9. The van der Waals surface area contributed by atoms with Crippen LogP contribution < -0.4 is 9.80 Å². The van der Waals surface area contributed by atoms with Crippen molar-refractivity contribution >= 4 is 34.8 Å². The number of pyridine rings is 2. The lowest BCUT2D eigenvalue weighted by Gasteiger charge is -2.36. The molecule has 2 aromatic heterocycles. The highest BCUT2D eigenvalue weighted by Crippen LogP contribution is 2.29. The molecule has 4 aromatic rings. The molecule has 2 fully saturated rings. The average Bonchev–Trinajstić information content (AvgIpc) is 3.14. The molecule has 0 spiro atoms. The minimum atomic E-state index is -0.402. The molecule has 49 heavy (non-hydrogen) atoms. The van der Waals surface area contributed by atoms with E-state index >= 15 is 0 Å². The van der Waals surface area contributed by atoms with Gasteiger partial charge >= 0.3 is 5.69 Å². The van der Waals surface area contributed by atoms with E-state index in [2.05, 4.69) is 50.0 Å². The highest BCUT2D eigenvalue weighted by Gasteiger charge is 2.28. The van der Waals surface area contributed by atoms with Crippen molar-refractivity contribution in [1.29, 1.82) is 0 Å². The third-order valence-electron chi connectivity index (χ3n) is 8.07. The van der Waals surface area contributed by atoms with Crippen LogP contribution in [0.3, 0.4) is 0 Å². The number of piperazine rings is 2. The lowest BCUT2D eigenvalue weighted by Crippen LogP contribution is -2.48. The SMILES string of the molecule is C=C(C#Cc1ccccc1)N1CCN(c2ncccc2Cl)CC1.Cc1ccnc(N2CCN(C(=O)C#Cc3ccccc3)CC2)c1[N+](=O)[O-]. The van der Waals surface area contributed by atoms with Crippen LogP contribution >= 0.6 is 11.6 Å². The first-order chi connectivity index (χ1) is 23.8. The molecule has 2 aliphatic rings. The maximum absolute atomic E-state index is 12.3. The van der Waals surface area contributed by atoms with Crippen LogP contribution in [0.1, 0.15) is 16.7 Å². The largest absolute Gasteiger partial charge is 0.362 e. The minimum absolute atomic E-state index is 0.0242. The van der Waals surface area contributed by atoms with Gasteiger partial charge in [0.25, 0.3) is 5.91 Å². The number of amides is 1. The van der Waals surface area contributed by atoms with E-state index in [0.717, 1.165) is 48.8 Å². The number of hydrogen-bond donors (Lipinski definition) is 0. The van der Waals surface area contributed by atoms with Gasteiger partial charge in [0.15, 0.2) is 0 Å². The van der Waals surface area contributed by atoms with Crippen molar-refractivity contribution < 1.29 is 9.72 Å². The molecule has 11 heteroatoms. The highest BCUT2D eigenvalue weighted by molar-refractivity contribution is 6.32. The van der Waals surface area contributed by atoms with Gasteiger partial charge in [0.05, 0.1) is 15.6 Å². The molecule has 4 heterocycles. The van der Waals surface area contributed by atoms with E-state index < -0.39 is 4.92 Å². The quantitative estimate of drug-likeness (QED) is 0.161. The van der Waals surface area contributed by atoms with E-state index in [1.165, 1.54) is 0 Å². The van der Waals surface area contributed by atoms with E-state index in [1.54, 1.807) is 30.3 Å². The monoisotopic (exact) mass is 673 g/mol. The molecule has 0 bridgehead atoms. The second-order valence-electron chi connectivity index (χ2n) is 11.3. The Morgan fingerprint density at radius 3 is 1.84 bits per heavy atom. The zero-order valence-electron chi connectivity index (χ0n) is 27.3. The van der Waals surface area contributed by atoms with Gasteiger partial charge < -0.3 is 19.6 Å². The summed E-state index contributed by atoms with van der Waals surface area (Å²) in [4.78, 5) is 39.7. The van der Waals surface area contributed by atoms with Crippen LogP contribution in [0.25, 0.3) is 0 Å². The maximum atomic E-state index is 12.3. The summed E-state index contributed by atoms with van der Waals surface area (Å²) >= 11 is 6.22. The number of aromatic nitrogens is 2. The number of carbonyl (C=O) groups excluding carboxylic acids is 1. The predicted molar refractivity (Wildman–Crippen MR) is 193 cm³/mol. The Morgan fingerprint density at radius 2 is 1.27 bits per heavy atom. The summed E-state index contributed by atoms with van der Waals surface area (Å²) in [6, 6.07) is 24.6. The second kappa shape index (κ2) is 16.8. The van der Waals surface area contributed by atoms with Gasteiger partial charge in [-0.3, -0.25) is 14.9 Å². The molecule has 1 amide bonds. The number of nitro groups is 1. The number of aryl methyl sites for hydroxylation is 1. The predicted octanol–water partition coefficient (Wildman–Crippen LogP) is 5.42. The van der Waals surface area contributed by atoms with Crippen molar-refractivity contribution in [3.63, 3.8) is 0 Å². The van der Waals surface area contributed by atoms with E-state index in [4.69, 9.17) is 11.6 Å². The van der Waals surface area contributed by atoms with Crippen molar-refractivity contribution in [1.82, 2.24) is 19.8 Å². The zero-order valence-corrected chi connectivity index (χ0v) is 28.0. The number of allylic oxidation sites excluding steroid dienone is 1. The Balaban J connectivity index is 0.000000192. The number of benzene rings is 2. The van der Waals surface area contributed by atoms with Crippen LogP contribution in [0.2, 0.25) is 5.02 Å². The van der Waals surface area contributed by atoms with Gasteiger partial charge in [-0.1, -0.05) is 66.4 Å². The van der Waals surface area contributed by atoms with Crippen molar-refractivity contribution in [3.05, 3.63) is 135 Å². The van der Waals surface area contributed by atoms with E-state index in [0.29, 0.717) is 42.6 Å². The van der Waals surface area contributed by atoms with Crippen molar-refractivity contribution in [2.45, 2.75) is 6.92 Å². The molecular formula is C38H36ClN7O3. The number of hydrogen-bond acceptors (Lipinski definition) is 8. The van der Waals surface area contributed by atoms with Gasteiger partial charge in [-0.15, -0.1) is 0 Å². The first kappa shape index (κ1) is 34.5. The summed E-state index contributed by atoms with van der Waals surface area (Å²) in [5, 5.41) is 12.0. The Labute approximate surface area is 291 Å². The van der Waals surface area contributed by atoms with Crippen LogP contribution in [0.4, 0.5) is 17.3 Å². The summed E-state index contributed by atoms with van der Waals surface area (Å²) in [5.74, 6) is 12.8. The number of anilines is 2. The molecule has 248 valence electrons. The van der Waals surface area contributed by atoms with Gasteiger partial charge in [0.2, 0.25) is 5.82 Å². The molecule has 0 unspecified atom stereocenters.